The van der Waals surface area contributed by atoms with E-state index in [-0.39, 0.29) is 6.42 Å². The van der Waals surface area contributed by atoms with Gasteiger partial charge in [0.1, 0.15) is 30.8 Å². The molecule has 7 heteroatoms. The first kappa shape index (κ1) is 24.1. The summed E-state index contributed by atoms with van der Waals surface area (Å²) in [4.78, 5) is 25.1. The number of nitrogens with one attached hydrogen (secondary N) is 1. The minimum absolute atomic E-state index is 0.278. The maximum atomic E-state index is 12.7. The smallest absolute Gasteiger partial charge is 0.328 e. The lowest BCUT2D eigenvalue weighted by Crippen LogP contribution is -2.43. The zero-order valence-corrected chi connectivity index (χ0v) is 19.1. The summed E-state index contributed by atoms with van der Waals surface area (Å²) in [6.45, 7) is 0.803. The van der Waals surface area contributed by atoms with Crippen LogP contribution in [0.15, 0.2) is 78.9 Å². The van der Waals surface area contributed by atoms with E-state index in [0.29, 0.717) is 30.4 Å². The molecule has 1 atom stereocenters. The number of carbonyl (C=O) groups is 2. The Bertz CT molecular complexity index is 1040. The van der Waals surface area contributed by atoms with Crippen LogP contribution in [0.5, 0.6) is 11.5 Å². The number of rotatable bonds is 11. The van der Waals surface area contributed by atoms with Gasteiger partial charge in [-0.1, -0.05) is 48.5 Å². The summed E-state index contributed by atoms with van der Waals surface area (Å²) < 4.78 is 16.2. The van der Waals surface area contributed by atoms with Crippen LogP contribution in [0.1, 0.15) is 21.5 Å². The molecule has 0 saturated carbocycles. The van der Waals surface area contributed by atoms with Crippen molar-refractivity contribution < 1.29 is 23.8 Å². The fourth-order valence-corrected chi connectivity index (χ4v) is 3.24. The van der Waals surface area contributed by atoms with Crippen LogP contribution in [0, 0.1) is 0 Å². The Hall–Kier alpha value is -3.51. The van der Waals surface area contributed by atoms with Crippen molar-refractivity contribution in [1.29, 1.82) is 0 Å². The molecule has 3 rings (SSSR count). The summed E-state index contributed by atoms with van der Waals surface area (Å²) >= 11 is 5.64. The Morgan fingerprint density at radius 3 is 2.33 bits per heavy atom. The lowest BCUT2D eigenvalue weighted by atomic mass is 10.0. The van der Waals surface area contributed by atoms with Crippen molar-refractivity contribution in [2.45, 2.75) is 19.1 Å². The Morgan fingerprint density at radius 2 is 1.64 bits per heavy atom. The topological polar surface area (TPSA) is 73.9 Å². The molecular weight excluding hydrogens is 442 g/mol. The number of carbonyl (C=O) groups excluding carboxylic acids is 2. The number of halogens is 1. The van der Waals surface area contributed by atoms with Crippen molar-refractivity contribution in [2.24, 2.45) is 0 Å². The summed E-state index contributed by atoms with van der Waals surface area (Å²) in [6.07, 6.45) is 0.278. The number of hydrogen-bond donors (Lipinski definition) is 1. The standard InChI is InChI=1S/C26H26ClNO5/c1-31-26(30)24(28-25(29)21-8-5-9-23(17-21)32-15-14-27)16-19-10-12-22(13-11-19)33-18-20-6-3-2-4-7-20/h2-13,17,24H,14-16,18H2,1H3,(H,28,29). The number of esters is 1. The number of benzene rings is 3. The van der Waals surface area contributed by atoms with Gasteiger partial charge in [-0.25, -0.2) is 4.79 Å². The number of amides is 1. The van der Waals surface area contributed by atoms with Crippen LogP contribution in [-0.2, 0) is 22.6 Å². The van der Waals surface area contributed by atoms with E-state index in [1.807, 2.05) is 54.6 Å². The van der Waals surface area contributed by atoms with Gasteiger partial charge in [0, 0.05) is 12.0 Å². The van der Waals surface area contributed by atoms with E-state index in [9.17, 15) is 9.59 Å². The van der Waals surface area contributed by atoms with Crippen molar-refractivity contribution >= 4 is 23.5 Å². The normalized spacial score (nSPS) is 11.3. The molecule has 0 aliphatic carbocycles. The zero-order valence-electron chi connectivity index (χ0n) is 18.3. The zero-order chi connectivity index (χ0) is 23.5. The van der Waals surface area contributed by atoms with Gasteiger partial charge in [0.15, 0.2) is 0 Å². The first-order valence-corrected chi connectivity index (χ1v) is 11.1. The molecule has 0 fully saturated rings. The maximum Gasteiger partial charge on any atom is 0.328 e. The van der Waals surface area contributed by atoms with E-state index in [1.165, 1.54) is 7.11 Å². The Balaban J connectivity index is 1.62. The second-order valence-corrected chi connectivity index (χ2v) is 7.61. The second kappa shape index (κ2) is 12.5. The lowest BCUT2D eigenvalue weighted by Gasteiger charge is -2.17. The lowest BCUT2D eigenvalue weighted by molar-refractivity contribution is -0.142. The summed E-state index contributed by atoms with van der Waals surface area (Å²) in [7, 11) is 1.29. The number of methoxy groups -OCH3 is 1. The largest absolute Gasteiger partial charge is 0.492 e. The Kier molecular flexibility index (Phi) is 9.15. The van der Waals surface area contributed by atoms with E-state index in [0.717, 1.165) is 16.9 Å². The van der Waals surface area contributed by atoms with Gasteiger partial charge in [0.05, 0.1) is 13.0 Å². The van der Waals surface area contributed by atoms with E-state index in [2.05, 4.69) is 5.32 Å². The molecule has 3 aromatic carbocycles. The highest BCUT2D eigenvalue weighted by molar-refractivity contribution is 6.18. The summed E-state index contributed by atoms with van der Waals surface area (Å²) in [5.74, 6) is 0.669. The molecule has 0 bridgehead atoms. The van der Waals surface area contributed by atoms with Gasteiger partial charge >= 0.3 is 5.97 Å². The highest BCUT2D eigenvalue weighted by Crippen LogP contribution is 2.17. The van der Waals surface area contributed by atoms with Crippen molar-refractivity contribution in [1.82, 2.24) is 5.32 Å². The van der Waals surface area contributed by atoms with Crippen LogP contribution in [0.25, 0.3) is 0 Å². The molecule has 0 spiro atoms. The van der Waals surface area contributed by atoms with Gasteiger partial charge in [0.25, 0.3) is 5.91 Å². The van der Waals surface area contributed by atoms with Crippen molar-refractivity contribution in [3.63, 3.8) is 0 Å². The molecule has 0 aliphatic heterocycles. The predicted molar refractivity (Wildman–Crippen MR) is 127 cm³/mol. The minimum atomic E-state index is -0.842. The number of ether oxygens (including phenoxy) is 3. The molecule has 0 aliphatic rings. The second-order valence-electron chi connectivity index (χ2n) is 7.24. The van der Waals surface area contributed by atoms with Crippen LogP contribution in [0.2, 0.25) is 0 Å². The Morgan fingerprint density at radius 1 is 0.879 bits per heavy atom. The molecule has 172 valence electrons. The molecule has 0 radical (unpaired) electrons. The fourth-order valence-electron chi connectivity index (χ4n) is 3.16. The average molecular weight is 468 g/mol. The highest BCUT2D eigenvalue weighted by atomic mass is 35.5. The SMILES string of the molecule is COC(=O)C(Cc1ccc(OCc2ccccc2)cc1)NC(=O)c1cccc(OCCCl)c1. The highest BCUT2D eigenvalue weighted by Gasteiger charge is 2.23. The van der Waals surface area contributed by atoms with Gasteiger partial charge in [0.2, 0.25) is 0 Å². The van der Waals surface area contributed by atoms with E-state index < -0.39 is 17.9 Å². The Labute approximate surface area is 198 Å². The number of hydrogen-bond acceptors (Lipinski definition) is 5. The molecule has 1 N–H and O–H groups in total. The monoisotopic (exact) mass is 467 g/mol. The third-order valence-electron chi connectivity index (χ3n) is 4.84. The number of alkyl halides is 1. The van der Waals surface area contributed by atoms with E-state index >= 15 is 0 Å². The summed E-state index contributed by atoms with van der Waals surface area (Å²) in [6, 6.07) is 23.2. The van der Waals surface area contributed by atoms with Crippen molar-refractivity contribution in [3.05, 3.63) is 95.6 Å². The minimum Gasteiger partial charge on any atom is -0.492 e. The third kappa shape index (κ3) is 7.54. The van der Waals surface area contributed by atoms with Gasteiger partial charge in [-0.2, -0.15) is 0 Å². The average Bonchev–Trinajstić information content (AvgIpc) is 2.87. The van der Waals surface area contributed by atoms with Gasteiger partial charge in [-0.05, 0) is 41.5 Å². The van der Waals surface area contributed by atoms with Crippen LogP contribution in [0.4, 0.5) is 0 Å². The van der Waals surface area contributed by atoms with Crippen LogP contribution in [0.3, 0.4) is 0 Å². The molecule has 6 nitrogen and oxygen atoms in total. The first-order valence-electron chi connectivity index (χ1n) is 10.5. The van der Waals surface area contributed by atoms with Crippen molar-refractivity contribution in [3.8, 4) is 11.5 Å². The first-order chi connectivity index (χ1) is 16.1. The van der Waals surface area contributed by atoms with Crippen LogP contribution < -0.4 is 14.8 Å². The maximum absolute atomic E-state index is 12.7. The molecule has 1 unspecified atom stereocenters. The predicted octanol–water partition coefficient (Wildman–Crippen LogP) is 4.40. The molecule has 33 heavy (non-hydrogen) atoms. The fraction of sp³-hybridized carbons (Fsp3) is 0.231. The van der Waals surface area contributed by atoms with E-state index in [4.69, 9.17) is 25.8 Å². The molecule has 0 aromatic heterocycles. The van der Waals surface area contributed by atoms with E-state index in [1.54, 1.807) is 24.3 Å². The van der Waals surface area contributed by atoms with Gasteiger partial charge < -0.3 is 19.5 Å². The molecule has 1 amide bonds. The van der Waals surface area contributed by atoms with Gasteiger partial charge in [-0.3, -0.25) is 4.79 Å². The molecule has 3 aromatic rings. The van der Waals surface area contributed by atoms with Gasteiger partial charge in [-0.15, -0.1) is 11.6 Å². The summed E-state index contributed by atoms with van der Waals surface area (Å²) in [5, 5.41) is 2.75. The van der Waals surface area contributed by atoms with Crippen LogP contribution >= 0.6 is 11.6 Å². The summed E-state index contributed by atoms with van der Waals surface area (Å²) in [5.41, 5.74) is 2.31. The molecular formula is C26H26ClNO5. The van der Waals surface area contributed by atoms with Crippen molar-refractivity contribution in [2.75, 3.05) is 19.6 Å². The molecule has 0 heterocycles. The molecule has 0 saturated heterocycles. The third-order valence-corrected chi connectivity index (χ3v) is 5.00. The van der Waals surface area contributed by atoms with Crippen LogP contribution in [-0.4, -0.2) is 37.5 Å². The quantitative estimate of drug-likeness (QED) is 0.334.